The fourth-order valence-electron chi connectivity index (χ4n) is 6.95. The van der Waals surface area contributed by atoms with Crippen LogP contribution in [0, 0.1) is 47.5 Å². The summed E-state index contributed by atoms with van der Waals surface area (Å²) in [6.45, 7) is 18.5. The van der Waals surface area contributed by atoms with Crippen molar-refractivity contribution in [2.75, 3.05) is 0 Å². The Balaban J connectivity index is 0.000000572. The van der Waals surface area contributed by atoms with Gasteiger partial charge < -0.3 is 17.6 Å². The van der Waals surface area contributed by atoms with Gasteiger partial charge in [0.2, 0.25) is 6.71 Å². The molecule has 0 N–H and O–H groups in total. The molecule has 3 aromatic carbocycles. The number of benzene rings is 3. The van der Waals surface area contributed by atoms with Crippen molar-refractivity contribution in [2.24, 2.45) is 5.92 Å². The molecule has 1 fully saturated rings. The third kappa shape index (κ3) is 7.02. The first-order valence-corrected chi connectivity index (χ1v) is 15.0. The Morgan fingerprint density at radius 3 is 1.54 bits per heavy atom. The summed E-state index contributed by atoms with van der Waals surface area (Å²) in [4.78, 5) is 0. The lowest BCUT2D eigenvalue weighted by atomic mass is 9.34. The molecule has 0 saturated heterocycles. The van der Waals surface area contributed by atoms with Gasteiger partial charge in [0.1, 0.15) is 5.57 Å². The lowest BCUT2D eigenvalue weighted by molar-refractivity contribution is -0.363. The second kappa shape index (κ2) is 12.4. The van der Waals surface area contributed by atoms with Crippen LogP contribution in [0.2, 0.25) is 0 Å². The molecule has 1 saturated carbocycles. The zero-order chi connectivity index (χ0) is 30.1. The van der Waals surface area contributed by atoms with Crippen molar-refractivity contribution in [3.05, 3.63) is 93.2 Å². The summed E-state index contributed by atoms with van der Waals surface area (Å²) in [5, 5.41) is 0. The molecule has 0 bridgehead atoms. The van der Waals surface area contributed by atoms with Crippen LogP contribution in [-0.2, 0) is 9.00 Å². The molecule has 0 radical (unpaired) electrons. The summed E-state index contributed by atoms with van der Waals surface area (Å²) < 4.78 is 37.0. The number of aryl methyl sites for hydroxylation is 6. The van der Waals surface area contributed by atoms with Crippen molar-refractivity contribution in [3.8, 4) is 0 Å². The maximum Gasteiger partial charge on any atom is 0.994 e. The Bertz CT molecular complexity index is 1380. The molecule has 5 rings (SSSR count). The fraction of sp³-hybridized carbons (Fsp3) is 0.400. The van der Waals surface area contributed by atoms with E-state index in [9.17, 15) is 8.63 Å². The van der Waals surface area contributed by atoms with Gasteiger partial charge in [-0.25, -0.2) is 0 Å². The summed E-state index contributed by atoms with van der Waals surface area (Å²) in [5.74, 6) is 1.40. The van der Waals surface area contributed by atoms with Crippen LogP contribution in [0.3, 0.4) is 0 Å². The summed E-state index contributed by atoms with van der Waals surface area (Å²) in [7, 11) is -4.31. The van der Waals surface area contributed by atoms with Crippen molar-refractivity contribution in [2.45, 2.75) is 88.0 Å². The Labute approximate surface area is 246 Å². The highest BCUT2D eigenvalue weighted by atomic mass is 19.3. The van der Waals surface area contributed by atoms with Crippen molar-refractivity contribution in [1.82, 2.24) is 0 Å². The van der Waals surface area contributed by atoms with Gasteiger partial charge in [-0.05, 0) is 59.9 Å². The van der Waals surface area contributed by atoms with E-state index in [1.807, 2.05) is 12.1 Å². The van der Waals surface area contributed by atoms with Gasteiger partial charge in [-0.1, -0.05) is 131 Å². The van der Waals surface area contributed by atoms with Crippen molar-refractivity contribution in [3.63, 3.8) is 0 Å². The number of allylic oxidation sites excluding steroid dienone is 2. The predicted octanol–water partition coefficient (Wildman–Crippen LogP) is 7.51. The molecule has 41 heavy (non-hydrogen) atoms. The molecule has 0 amide bonds. The molecule has 0 spiro atoms. The molecule has 0 aromatic heterocycles. The normalized spacial score (nSPS) is 16.6. The molecule has 0 unspecified atom stereocenters. The van der Waals surface area contributed by atoms with Crippen LogP contribution in [0.4, 0.5) is 8.63 Å². The highest BCUT2D eigenvalue weighted by Crippen LogP contribution is 2.28. The standard InChI is InChI=1S/C29H32B2F2O2.C6H12/c1-17-13-19(3)28(20(4)14-17)30(29-21(5)15-18(2)16-22(29)6)26-11-9-25(10-12-26)27-23(7)34-31(32,33)35-24(27)8;1-6-4-2-3-5-6/h9-16H,1-8H3;6H,2-5H2,1H3. The third-order valence-corrected chi connectivity index (χ3v) is 8.56. The van der Waals surface area contributed by atoms with Crippen molar-refractivity contribution >= 4 is 41.6 Å². The van der Waals surface area contributed by atoms with Crippen LogP contribution in [0.25, 0.3) is 5.57 Å². The topological polar surface area (TPSA) is 20.5 Å². The fourth-order valence-corrected chi connectivity index (χ4v) is 6.95. The molecule has 216 valence electrons. The van der Waals surface area contributed by atoms with Crippen LogP contribution >= 0.6 is 0 Å². The van der Waals surface area contributed by atoms with E-state index in [1.165, 1.54) is 70.0 Å². The summed E-state index contributed by atoms with van der Waals surface area (Å²) in [5.41, 5.74) is 12.7. The van der Waals surface area contributed by atoms with Gasteiger partial charge in [0, 0.05) is 6.92 Å². The lowest BCUT2D eigenvalue weighted by Crippen LogP contribution is -2.55. The molecule has 6 heteroatoms. The molecule has 2 nitrogen and oxygen atoms in total. The average molecular weight is 556 g/mol. The average Bonchev–Trinajstić information content (AvgIpc) is 3.32. The molecule has 3 aromatic rings. The molecular formula is C35H44B2F2O2. The van der Waals surface area contributed by atoms with E-state index in [1.54, 1.807) is 13.8 Å². The minimum Gasteiger partial charge on any atom is -0.572 e. The van der Waals surface area contributed by atoms with E-state index < -0.39 is 7.11 Å². The molecule has 1 heterocycles. The van der Waals surface area contributed by atoms with Gasteiger partial charge in [0.25, 0.3) is 5.78 Å². The zero-order valence-electron chi connectivity index (χ0n) is 26.3. The van der Waals surface area contributed by atoms with Crippen LogP contribution in [0.1, 0.15) is 85.4 Å². The van der Waals surface area contributed by atoms with Gasteiger partial charge in [-0.3, -0.25) is 0 Å². The monoisotopic (exact) mass is 556 g/mol. The van der Waals surface area contributed by atoms with Crippen LogP contribution < -0.4 is 16.4 Å². The smallest absolute Gasteiger partial charge is 0.572 e. The highest BCUT2D eigenvalue weighted by molar-refractivity contribution is 6.96. The maximum absolute atomic E-state index is 13.7. The van der Waals surface area contributed by atoms with E-state index in [0.717, 1.165) is 16.9 Å². The second-order valence-electron chi connectivity index (χ2n) is 12.3. The maximum atomic E-state index is 13.7. The van der Waals surface area contributed by atoms with Crippen molar-refractivity contribution in [1.29, 1.82) is 0 Å². The van der Waals surface area contributed by atoms with Gasteiger partial charge in [0.05, 0.1) is 5.76 Å². The van der Waals surface area contributed by atoms with Gasteiger partial charge in [-0.2, -0.15) is 0 Å². The van der Waals surface area contributed by atoms with Gasteiger partial charge in [0.15, 0.2) is 0 Å². The quantitative estimate of drug-likeness (QED) is 0.241. The molecule has 2 aliphatic rings. The SMILES string of the molecule is CC1=[O+][B-](F)(F)OC(C)=C1c1ccc(B(c2c(C)cc(C)cc2C)c2c(C)cc(C)cc2C)cc1.CC1CCCC1. The highest BCUT2D eigenvalue weighted by Gasteiger charge is 2.53. The minimum atomic E-state index is -4.31. The molecule has 0 atom stereocenters. The summed E-state index contributed by atoms with van der Waals surface area (Å²) in [6.07, 6.45) is 5.95. The molecule has 1 aliphatic heterocycles. The lowest BCUT2D eigenvalue weighted by Gasteiger charge is -2.25. The van der Waals surface area contributed by atoms with Gasteiger partial charge >= 0.3 is 7.11 Å². The third-order valence-electron chi connectivity index (χ3n) is 8.56. The van der Waals surface area contributed by atoms with E-state index in [-0.39, 0.29) is 18.3 Å². The number of hydrogen-bond donors (Lipinski definition) is 0. The van der Waals surface area contributed by atoms with Crippen molar-refractivity contribution < 1.29 is 17.6 Å². The van der Waals surface area contributed by atoms with Crippen LogP contribution in [0.5, 0.6) is 0 Å². The first-order valence-electron chi connectivity index (χ1n) is 15.0. The number of rotatable bonds is 4. The Morgan fingerprint density at radius 2 is 1.17 bits per heavy atom. The van der Waals surface area contributed by atoms with E-state index in [4.69, 9.17) is 9.00 Å². The Hall–Kier alpha value is -3.14. The zero-order valence-corrected chi connectivity index (χ0v) is 26.3. The number of hydrogen-bond acceptors (Lipinski definition) is 1. The number of carbonyl (C=O) groups excluding carboxylic acids is 1. The Kier molecular flexibility index (Phi) is 9.31. The molecular weight excluding hydrogens is 512 g/mol. The van der Waals surface area contributed by atoms with Gasteiger partial charge in [-0.15, -0.1) is 0 Å². The largest absolute Gasteiger partial charge is 0.994 e. The number of ketones is 1. The summed E-state index contributed by atoms with van der Waals surface area (Å²) >= 11 is 0. The Morgan fingerprint density at radius 1 is 0.732 bits per heavy atom. The van der Waals surface area contributed by atoms with E-state index in [0.29, 0.717) is 5.57 Å². The molecule has 1 aliphatic carbocycles. The second-order valence-corrected chi connectivity index (χ2v) is 12.3. The van der Waals surface area contributed by atoms with E-state index in [2.05, 4.69) is 84.9 Å². The first-order chi connectivity index (χ1) is 19.3. The minimum absolute atomic E-state index is 0.0527. The summed E-state index contributed by atoms with van der Waals surface area (Å²) in [6, 6.07) is 17.1. The predicted molar refractivity (Wildman–Crippen MR) is 172 cm³/mol. The van der Waals surface area contributed by atoms with E-state index >= 15 is 0 Å². The van der Waals surface area contributed by atoms with Crippen LogP contribution in [0.15, 0.2) is 54.3 Å². The first kappa shape index (κ1) is 30.8. The van der Waals surface area contributed by atoms with Crippen LogP contribution in [-0.4, -0.2) is 19.6 Å². The number of halogens is 2.